The fraction of sp³-hybridized carbons (Fsp3) is 0.562. The van der Waals surface area contributed by atoms with Crippen LogP contribution in [0.15, 0.2) is 54.6 Å². The number of carbonyl (C=O) groups is 3. The van der Waals surface area contributed by atoms with E-state index in [4.69, 9.17) is 12.2 Å². The minimum absolute atomic E-state index is 0.0463. The van der Waals surface area contributed by atoms with Crippen LogP contribution in [0.25, 0.3) is 11.3 Å². The number of aromatic hydroxyl groups is 1. The second-order valence-corrected chi connectivity index (χ2v) is 19.5. The normalized spacial score (nSPS) is 22.3. The van der Waals surface area contributed by atoms with Gasteiger partial charge in [0.1, 0.15) is 5.75 Å². The fourth-order valence-electron chi connectivity index (χ4n) is 10.1. The lowest BCUT2D eigenvalue weighted by Gasteiger charge is -2.64. The van der Waals surface area contributed by atoms with Crippen molar-refractivity contribution in [2.45, 2.75) is 90.1 Å². The van der Waals surface area contributed by atoms with E-state index in [0.717, 1.165) is 87.7 Å². The molecule has 5 aliphatic heterocycles. The molecule has 1 saturated carbocycles. The van der Waals surface area contributed by atoms with E-state index in [1.54, 1.807) is 11.0 Å². The monoisotopic (exact) mass is 863 g/mol. The molecule has 63 heavy (non-hydrogen) atoms. The summed E-state index contributed by atoms with van der Waals surface area (Å²) in [7, 11) is 0. The van der Waals surface area contributed by atoms with Crippen molar-refractivity contribution in [3.8, 4) is 29.4 Å². The lowest BCUT2D eigenvalue weighted by atomic mass is 9.59. The maximum absolute atomic E-state index is 11.6. The lowest BCUT2D eigenvalue weighted by molar-refractivity contribution is -0.133. The Morgan fingerprint density at radius 2 is 1.68 bits per heavy atom. The third kappa shape index (κ3) is 11.7. The van der Waals surface area contributed by atoms with E-state index in [0.29, 0.717) is 67.3 Å². The summed E-state index contributed by atoms with van der Waals surface area (Å²) in [6.07, 6.45) is 11.8. The number of rotatable bonds is 9. The summed E-state index contributed by atoms with van der Waals surface area (Å²) >= 11 is 0. The van der Waals surface area contributed by atoms with Crippen LogP contribution in [0, 0.1) is 23.2 Å². The number of primary amides is 1. The van der Waals surface area contributed by atoms with Gasteiger partial charge in [-0.3, -0.25) is 29.1 Å². The molecule has 2 atom stereocenters. The topological polar surface area (TPSA) is 184 Å². The number of hydrogen-bond donors (Lipinski definition) is 5. The van der Waals surface area contributed by atoms with Crippen molar-refractivity contribution in [2.75, 3.05) is 82.2 Å². The number of likely N-dealkylation sites (tertiary alicyclic amines) is 3. The first-order chi connectivity index (χ1) is 30.2. The highest BCUT2D eigenvalue weighted by molar-refractivity contribution is 5.78. The summed E-state index contributed by atoms with van der Waals surface area (Å²) in [5.74, 6) is 3.54. The van der Waals surface area contributed by atoms with Crippen molar-refractivity contribution in [1.29, 1.82) is 0 Å². The third-order valence-electron chi connectivity index (χ3n) is 13.4. The van der Waals surface area contributed by atoms with Crippen LogP contribution in [0.2, 0.25) is 0 Å². The van der Waals surface area contributed by atoms with E-state index >= 15 is 0 Å². The number of nitrogens with one attached hydrogen (secondary N) is 2. The van der Waals surface area contributed by atoms with Crippen LogP contribution in [0.5, 0.6) is 5.75 Å². The van der Waals surface area contributed by atoms with E-state index in [1.807, 2.05) is 42.5 Å². The zero-order valence-corrected chi connectivity index (χ0v) is 37.2. The SMILES string of the molecule is C#Cc1ccc(CNC=O)cc1.CC(C)(C)CC(=O)N1CCC(O)C1.NC(=O)CN1CCC(N2CC3(CC(N4CCN5c6cc(-c7ccccc7O)nnc6NC[C@H]5C4)C3)C2)CC1. The van der Waals surface area contributed by atoms with Crippen LogP contribution in [0.4, 0.5) is 11.5 Å². The number of para-hydroxylation sites is 1. The molecule has 3 aromatic rings. The molecule has 0 radical (unpaired) electrons. The Morgan fingerprint density at radius 1 is 0.952 bits per heavy atom. The van der Waals surface area contributed by atoms with Gasteiger partial charge in [0.2, 0.25) is 18.2 Å². The summed E-state index contributed by atoms with van der Waals surface area (Å²) in [4.78, 5) is 44.6. The Balaban J connectivity index is 0.000000195. The molecule has 6 aliphatic rings. The van der Waals surface area contributed by atoms with E-state index in [-0.39, 0.29) is 29.1 Å². The van der Waals surface area contributed by atoms with Crippen LogP contribution < -0.4 is 21.3 Å². The molecule has 338 valence electrons. The Hall–Kier alpha value is -5.27. The molecule has 15 heteroatoms. The number of benzene rings is 2. The van der Waals surface area contributed by atoms with Crippen molar-refractivity contribution >= 4 is 29.7 Å². The first-order valence-electron chi connectivity index (χ1n) is 22.6. The molecule has 1 aromatic heterocycles. The summed E-state index contributed by atoms with van der Waals surface area (Å²) < 4.78 is 0. The molecular formula is C48H66N10O5. The number of aliphatic hydroxyl groups excluding tert-OH is 1. The number of fused-ring (bicyclic) bond motifs is 3. The largest absolute Gasteiger partial charge is 0.507 e. The van der Waals surface area contributed by atoms with Crippen LogP contribution in [-0.4, -0.2) is 154 Å². The Kier molecular flexibility index (Phi) is 14.6. The first-order valence-corrected chi connectivity index (χ1v) is 22.6. The number of piperazine rings is 1. The fourth-order valence-corrected chi connectivity index (χ4v) is 10.1. The molecular weight excluding hydrogens is 797 g/mol. The summed E-state index contributed by atoms with van der Waals surface area (Å²) in [6.45, 7) is 16.8. The third-order valence-corrected chi connectivity index (χ3v) is 13.4. The number of nitrogens with zero attached hydrogens (tertiary/aromatic N) is 7. The van der Waals surface area contributed by atoms with Gasteiger partial charge in [0.05, 0.1) is 30.1 Å². The van der Waals surface area contributed by atoms with Gasteiger partial charge in [-0.1, -0.05) is 51.0 Å². The molecule has 6 heterocycles. The van der Waals surface area contributed by atoms with Crippen LogP contribution in [0.1, 0.15) is 70.4 Å². The van der Waals surface area contributed by atoms with Gasteiger partial charge >= 0.3 is 0 Å². The van der Waals surface area contributed by atoms with Gasteiger partial charge in [0.25, 0.3) is 0 Å². The smallest absolute Gasteiger partial charge is 0.231 e. The number of terminal acetylenes is 1. The maximum Gasteiger partial charge on any atom is 0.231 e. The molecule has 1 aliphatic carbocycles. The highest BCUT2D eigenvalue weighted by Crippen LogP contribution is 2.52. The van der Waals surface area contributed by atoms with Crippen LogP contribution in [0.3, 0.4) is 0 Å². The highest BCUT2D eigenvalue weighted by atomic mass is 16.3. The molecule has 5 fully saturated rings. The number of aliphatic hydroxyl groups is 1. The predicted molar refractivity (Wildman–Crippen MR) is 245 cm³/mol. The summed E-state index contributed by atoms with van der Waals surface area (Å²) in [6, 6.07) is 18.7. The van der Waals surface area contributed by atoms with Gasteiger partial charge in [-0.05, 0) is 78.8 Å². The number of phenolic OH excluding ortho intramolecular Hbond substituents is 1. The molecule has 9 rings (SSSR count). The zero-order valence-electron chi connectivity index (χ0n) is 37.2. The average molecular weight is 863 g/mol. The van der Waals surface area contributed by atoms with Crippen LogP contribution in [-0.2, 0) is 20.9 Å². The quantitative estimate of drug-likeness (QED) is 0.157. The molecule has 2 aromatic carbocycles. The Morgan fingerprint density at radius 3 is 2.32 bits per heavy atom. The minimum Gasteiger partial charge on any atom is -0.507 e. The second-order valence-electron chi connectivity index (χ2n) is 19.5. The van der Waals surface area contributed by atoms with Crippen LogP contribution >= 0.6 is 0 Å². The van der Waals surface area contributed by atoms with E-state index in [1.165, 1.54) is 25.9 Å². The predicted octanol–water partition coefficient (Wildman–Crippen LogP) is 3.11. The number of amides is 3. The Bertz CT molecular complexity index is 2080. The van der Waals surface area contributed by atoms with Crippen molar-refractivity contribution in [1.82, 2.24) is 35.1 Å². The van der Waals surface area contributed by atoms with Gasteiger partial charge < -0.3 is 36.4 Å². The van der Waals surface area contributed by atoms with Crippen molar-refractivity contribution in [3.63, 3.8) is 0 Å². The lowest BCUT2D eigenvalue weighted by Crippen LogP contribution is -2.70. The number of carbonyl (C=O) groups excluding carboxylic acids is 3. The Labute approximate surface area is 372 Å². The van der Waals surface area contributed by atoms with Crippen molar-refractivity contribution in [2.24, 2.45) is 16.6 Å². The highest BCUT2D eigenvalue weighted by Gasteiger charge is 2.55. The van der Waals surface area contributed by atoms with E-state index in [9.17, 15) is 24.6 Å². The zero-order chi connectivity index (χ0) is 44.7. The second kappa shape index (κ2) is 20.1. The average Bonchev–Trinajstić information content (AvgIpc) is 3.68. The van der Waals surface area contributed by atoms with E-state index < -0.39 is 0 Å². The number of hydrogen-bond acceptors (Lipinski definition) is 12. The number of piperidine rings is 1. The van der Waals surface area contributed by atoms with Gasteiger partial charge in [0.15, 0.2) is 5.82 Å². The van der Waals surface area contributed by atoms with Crippen molar-refractivity contribution in [3.05, 3.63) is 65.7 Å². The maximum atomic E-state index is 11.6. The molecule has 1 unspecified atom stereocenters. The van der Waals surface area contributed by atoms with Gasteiger partial charge in [-0.2, -0.15) is 0 Å². The number of phenols is 1. The molecule has 3 amide bonds. The summed E-state index contributed by atoms with van der Waals surface area (Å²) in [5.41, 5.74) is 10.4. The molecule has 6 N–H and O–H groups in total. The van der Waals surface area contributed by atoms with Gasteiger partial charge in [-0.25, -0.2) is 0 Å². The first kappa shape index (κ1) is 45.7. The number of nitrogens with two attached hydrogens (primary N) is 1. The standard InChI is InChI=1S/C28H38N8O2.C10H19NO2.C10H9NO/c29-26(38)16-33-7-5-19(6-8-33)35-17-28(18-35)12-20(13-28)34-9-10-36-21(15-34)14-30-27-24(36)11-23(31-32-27)22-3-1-2-4-25(22)37;1-10(2,3)6-9(13)11-5-4-8(12)7-11;1-2-9-3-5-10(6-4-9)7-11-8-12/h1-4,11,19-21,37H,5-10,12-18H2,(H2,29,38)(H,30,32);8,12H,4-7H2,1-3H3;1,3-6,8H,7H2,(H,11,12)/t21-;;/m0../s1. The van der Waals surface area contributed by atoms with Gasteiger partial charge in [-0.15, -0.1) is 16.6 Å². The molecule has 1 spiro atoms. The molecule has 4 saturated heterocycles. The number of aromatic nitrogens is 2. The number of β-amino-alcohol motifs (C(OH)–C–C–N with tert-alkyl or cyclic N) is 1. The minimum atomic E-state index is -0.302. The van der Waals surface area contributed by atoms with Gasteiger partial charge in [0, 0.05) is 102 Å². The molecule has 0 bridgehead atoms. The summed E-state index contributed by atoms with van der Waals surface area (Å²) in [5, 5.41) is 34.5. The molecule has 15 nitrogen and oxygen atoms in total. The van der Waals surface area contributed by atoms with E-state index in [2.05, 4.69) is 73.2 Å². The van der Waals surface area contributed by atoms with Crippen molar-refractivity contribution < 1.29 is 24.6 Å². The number of anilines is 2.